The van der Waals surface area contributed by atoms with Gasteiger partial charge in [0.15, 0.2) is 9.84 Å². The minimum Gasteiger partial charge on any atom is -0.491 e. The number of ether oxygens (including phenoxy) is 2. The molecular formula is C20H29N3O8S. The largest absolute Gasteiger partial charge is 0.491 e. The number of likely N-dealkylation sites (tertiary alicyclic amines) is 1. The number of sulfone groups is 1. The van der Waals surface area contributed by atoms with Gasteiger partial charge < -0.3 is 35.6 Å². The minimum atomic E-state index is -3.84. The Morgan fingerprint density at radius 3 is 2.72 bits per heavy atom. The SMILES string of the molecule is NC(=O)CS(=O)(=O)c1cccc(OC[C@@H](O)CNC2COC3(CCN(C(=O)O)CC3)C2)c1. The maximum Gasteiger partial charge on any atom is 0.407 e. The van der Waals surface area contributed by atoms with Crippen molar-refractivity contribution in [2.24, 2.45) is 5.73 Å². The fraction of sp³-hybridized carbons (Fsp3) is 0.600. The Balaban J connectivity index is 1.43. The third-order valence-corrected chi connectivity index (χ3v) is 7.37. The summed E-state index contributed by atoms with van der Waals surface area (Å²) in [6, 6.07) is 5.72. The van der Waals surface area contributed by atoms with Gasteiger partial charge in [0, 0.05) is 25.7 Å². The highest BCUT2D eigenvalue weighted by Gasteiger charge is 2.43. The number of rotatable bonds is 9. The van der Waals surface area contributed by atoms with E-state index in [0.29, 0.717) is 32.5 Å². The maximum absolute atomic E-state index is 12.1. The molecule has 32 heavy (non-hydrogen) atoms. The lowest BCUT2D eigenvalue weighted by atomic mass is 9.87. The van der Waals surface area contributed by atoms with Crippen LogP contribution in [0, 0.1) is 0 Å². The average Bonchev–Trinajstić information content (AvgIpc) is 3.13. The number of aliphatic hydroxyl groups is 1. The standard InChI is InChI=1S/C20H29N3O8S/c21-18(25)13-32(28,29)17-3-1-2-16(8-17)30-12-15(24)10-22-14-9-20(31-11-14)4-6-23(7-5-20)19(26)27/h1-3,8,14-15,22,24H,4-7,9-13H2,(H2,21,25)(H,26,27)/t14?,15-/m0/s1. The fourth-order valence-electron chi connectivity index (χ4n) is 4.01. The van der Waals surface area contributed by atoms with Gasteiger partial charge in [-0.25, -0.2) is 13.2 Å². The van der Waals surface area contributed by atoms with Gasteiger partial charge in [-0.15, -0.1) is 0 Å². The van der Waals surface area contributed by atoms with E-state index in [1.54, 1.807) is 6.07 Å². The highest BCUT2D eigenvalue weighted by atomic mass is 32.2. The molecule has 1 aromatic carbocycles. The van der Waals surface area contributed by atoms with Gasteiger partial charge in [0.25, 0.3) is 0 Å². The molecule has 2 heterocycles. The molecule has 2 amide bonds. The third kappa shape index (κ3) is 6.31. The van der Waals surface area contributed by atoms with Crippen molar-refractivity contribution in [1.29, 1.82) is 0 Å². The number of primary amides is 1. The number of nitrogens with zero attached hydrogens (tertiary/aromatic N) is 1. The lowest BCUT2D eigenvalue weighted by Gasteiger charge is -2.37. The first-order valence-electron chi connectivity index (χ1n) is 10.4. The van der Waals surface area contributed by atoms with Gasteiger partial charge in [-0.1, -0.05) is 6.07 Å². The number of benzene rings is 1. The summed E-state index contributed by atoms with van der Waals surface area (Å²) in [4.78, 5) is 23.3. The van der Waals surface area contributed by atoms with Crippen LogP contribution in [0.15, 0.2) is 29.2 Å². The number of carbonyl (C=O) groups excluding carboxylic acids is 1. The molecule has 3 rings (SSSR count). The van der Waals surface area contributed by atoms with Gasteiger partial charge in [-0.2, -0.15) is 0 Å². The van der Waals surface area contributed by atoms with E-state index in [4.69, 9.17) is 20.3 Å². The zero-order chi connectivity index (χ0) is 23.4. The highest BCUT2D eigenvalue weighted by molar-refractivity contribution is 7.92. The zero-order valence-corrected chi connectivity index (χ0v) is 18.4. The molecule has 5 N–H and O–H groups in total. The molecule has 2 saturated heterocycles. The van der Waals surface area contributed by atoms with Gasteiger partial charge in [-0.05, 0) is 37.5 Å². The average molecular weight is 472 g/mol. The first kappa shape index (κ1) is 24.2. The van der Waals surface area contributed by atoms with Crippen LogP contribution in [0.1, 0.15) is 19.3 Å². The van der Waals surface area contributed by atoms with Crippen molar-refractivity contribution < 1.29 is 37.7 Å². The molecule has 2 aliphatic rings. The number of piperidine rings is 1. The molecule has 0 radical (unpaired) electrons. The van der Waals surface area contributed by atoms with Crippen molar-refractivity contribution in [2.45, 2.75) is 41.9 Å². The maximum atomic E-state index is 12.1. The van der Waals surface area contributed by atoms with Gasteiger partial charge in [0.05, 0.1) is 17.1 Å². The van der Waals surface area contributed by atoms with E-state index in [2.05, 4.69) is 5.32 Å². The van der Waals surface area contributed by atoms with Crippen molar-refractivity contribution in [3.8, 4) is 5.75 Å². The molecule has 1 unspecified atom stereocenters. The number of carbonyl (C=O) groups is 2. The Morgan fingerprint density at radius 1 is 1.34 bits per heavy atom. The van der Waals surface area contributed by atoms with Gasteiger partial charge in [-0.3, -0.25) is 4.79 Å². The number of hydrogen-bond donors (Lipinski definition) is 4. The van der Waals surface area contributed by atoms with E-state index in [-0.39, 0.29) is 35.4 Å². The number of amides is 2. The predicted octanol–water partition coefficient (Wildman–Crippen LogP) is -0.424. The number of aliphatic hydroxyl groups excluding tert-OH is 1. The Kier molecular flexibility index (Phi) is 7.59. The second kappa shape index (κ2) is 10.0. The molecule has 0 aromatic heterocycles. The van der Waals surface area contributed by atoms with E-state index in [1.807, 2.05) is 0 Å². The van der Waals surface area contributed by atoms with Gasteiger partial charge in [0.2, 0.25) is 5.91 Å². The molecule has 2 fully saturated rings. The highest BCUT2D eigenvalue weighted by Crippen LogP contribution is 2.35. The molecule has 0 bridgehead atoms. The van der Waals surface area contributed by atoms with E-state index in [1.165, 1.54) is 23.1 Å². The molecule has 12 heteroatoms. The number of carboxylic acid groups (broad SMARTS) is 1. The van der Waals surface area contributed by atoms with Crippen molar-refractivity contribution in [2.75, 3.05) is 38.6 Å². The number of nitrogens with two attached hydrogens (primary N) is 1. The number of nitrogens with one attached hydrogen (secondary N) is 1. The van der Waals surface area contributed by atoms with Crippen LogP contribution in [0.5, 0.6) is 5.75 Å². The summed E-state index contributed by atoms with van der Waals surface area (Å²) in [6.07, 6.45) is 0.294. The molecule has 2 atom stereocenters. The second-order valence-corrected chi connectivity index (χ2v) is 10.2. The quantitative estimate of drug-likeness (QED) is 0.373. The summed E-state index contributed by atoms with van der Waals surface area (Å²) >= 11 is 0. The Morgan fingerprint density at radius 2 is 2.06 bits per heavy atom. The number of hydrogen-bond acceptors (Lipinski definition) is 8. The lowest BCUT2D eigenvalue weighted by molar-refractivity contribution is -0.115. The normalized spacial score (nSPS) is 21.4. The predicted molar refractivity (Wildman–Crippen MR) is 113 cm³/mol. The van der Waals surface area contributed by atoms with E-state index in [9.17, 15) is 23.1 Å². The van der Waals surface area contributed by atoms with Crippen LogP contribution in [-0.4, -0.2) is 91.9 Å². The van der Waals surface area contributed by atoms with Crippen LogP contribution >= 0.6 is 0 Å². The molecule has 0 aliphatic carbocycles. The third-order valence-electron chi connectivity index (χ3n) is 5.74. The van der Waals surface area contributed by atoms with E-state index >= 15 is 0 Å². The van der Waals surface area contributed by atoms with Crippen LogP contribution < -0.4 is 15.8 Å². The first-order chi connectivity index (χ1) is 15.1. The van der Waals surface area contributed by atoms with Crippen LogP contribution in [0.2, 0.25) is 0 Å². The smallest absolute Gasteiger partial charge is 0.407 e. The molecule has 11 nitrogen and oxygen atoms in total. The Bertz CT molecular complexity index is 931. The molecule has 1 spiro atoms. The fourth-order valence-corrected chi connectivity index (χ4v) is 5.13. The van der Waals surface area contributed by atoms with Crippen LogP contribution in [-0.2, 0) is 19.4 Å². The minimum absolute atomic E-state index is 0.0447. The molecular weight excluding hydrogens is 442 g/mol. The Hall–Kier alpha value is -2.41. The zero-order valence-electron chi connectivity index (χ0n) is 17.6. The molecule has 1 aromatic rings. The van der Waals surface area contributed by atoms with Crippen LogP contribution in [0.25, 0.3) is 0 Å². The van der Waals surface area contributed by atoms with Crippen molar-refractivity contribution in [3.63, 3.8) is 0 Å². The summed E-state index contributed by atoms with van der Waals surface area (Å²) in [6.45, 7) is 1.59. The monoisotopic (exact) mass is 471 g/mol. The lowest BCUT2D eigenvalue weighted by Crippen LogP contribution is -2.46. The van der Waals surface area contributed by atoms with Crippen LogP contribution in [0.3, 0.4) is 0 Å². The van der Waals surface area contributed by atoms with Gasteiger partial charge in [0.1, 0.15) is 24.2 Å². The molecule has 0 saturated carbocycles. The van der Waals surface area contributed by atoms with Crippen molar-refractivity contribution >= 4 is 21.8 Å². The summed E-state index contributed by atoms with van der Waals surface area (Å²) < 4.78 is 35.7. The Labute approximate surface area is 186 Å². The molecule has 2 aliphatic heterocycles. The van der Waals surface area contributed by atoms with Crippen molar-refractivity contribution in [1.82, 2.24) is 10.2 Å². The van der Waals surface area contributed by atoms with Gasteiger partial charge >= 0.3 is 6.09 Å². The van der Waals surface area contributed by atoms with E-state index in [0.717, 1.165) is 6.42 Å². The summed E-state index contributed by atoms with van der Waals surface area (Å²) in [5.41, 5.74) is 4.66. The summed E-state index contributed by atoms with van der Waals surface area (Å²) in [7, 11) is -3.84. The first-order valence-corrected chi connectivity index (χ1v) is 12.0. The summed E-state index contributed by atoms with van der Waals surface area (Å²) in [5.74, 6) is -1.48. The topological polar surface area (TPSA) is 168 Å². The molecule has 178 valence electrons. The van der Waals surface area contributed by atoms with Crippen molar-refractivity contribution in [3.05, 3.63) is 24.3 Å². The van der Waals surface area contributed by atoms with E-state index < -0.39 is 33.7 Å². The van der Waals surface area contributed by atoms with Crippen LogP contribution in [0.4, 0.5) is 4.79 Å². The second-order valence-electron chi connectivity index (χ2n) is 8.24. The summed E-state index contributed by atoms with van der Waals surface area (Å²) in [5, 5.41) is 22.6.